The Morgan fingerprint density at radius 3 is 2.86 bits per heavy atom. The highest BCUT2D eigenvalue weighted by Gasteiger charge is 2.37. The number of amides is 1. The Hall–Kier alpha value is -1.55. The van der Waals surface area contributed by atoms with E-state index in [2.05, 4.69) is 17.3 Å². The smallest absolute Gasteiger partial charge is 0.407 e. The van der Waals surface area contributed by atoms with E-state index < -0.39 is 0 Å². The highest BCUT2D eigenvalue weighted by Crippen LogP contribution is 2.37. The third kappa shape index (κ3) is 3.76. The molecule has 4 heteroatoms. The van der Waals surface area contributed by atoms with Crippen molar-refractivity contribution in [3.63, 3.8) is 0 Å². The van der Waals surface area contributed by atoms with Gasteiger partial charge in [-0.05, 0) is 50.3 Å². The Balaban J connectivity index is 1.43. The van der Waals surface area contributed by atoms with E-state index in [4.69, 9.17) is 4.74 Å². The van der Waals surface area contributed by atoms with Crippen LogP contribution in [0.5, 0.6) is 0 Å². The first-order valence-electron chi connectivity index (χ1n) is 7.86. The van der Waals surface area contributed by atoms with Crippen molar-refractivity contribution in [1.82, 2.24) is 10.2 Å². The molecule has 114 valence electrons. The van der Waals surface area contributed by atoms with Crippen LogP contribution in [0.2, 0.25) is 0 Å². The van der Waals surface area contributed by atoms with Gasteiger partial charge in [-0.3, -0.25) is 0 Å². The first kappa shape index (κ1) is 14.4. The van der Waals surface area contributed by atoms with Gasteiger partial charge >= 0.3 is 6.09 Å². The van der Waals surface area contributed by atoms with Crippen LogP contribution in [0, 0.1) is 11.8 Å². The predicted octanol–water partition coefficient (Wildman–Crippen LogP) is 2.64. The molecule has 2 unspecified atom stereocenters. The van der Waals surface area contributed by atoms with Crippen molar-refractivity contribution in [2.75, 3.05) is 20.1 Å². The molecule has 1 aromatic carbocycles. The van der Waals surface area contributed by atoms with Crippen LogP contribution in [0.3, 0.4) is 0 Å². The van der Waals surface area contributed by atoms with Crippen LogP contribution in [0.15, 0.2) is 30.3 Å². The van der Waals surface area contributed by atoms with Gasteiger partial charge in [0.2, 0.25) is 0 Å². The number of carbonyl (C=O) groups is 1. The van der Waals surface area contributed by atoms with Crippen LogP contribution in [0.4, 0.5) is 4.79 Å². The van der Waals surface area contributed by atoms with Gasteiger partial charge in [0.25, 0.3) is 0 Å². The fourth-order valence-corrected chi connectivity index (χ4v) is 3.72. The maximum atomic E-state index is 11.9. The summed E-state index contributed by atoms with van der Waals surface area (Å²) in [6.45, 7) is 2.70. The lowest BCUT2D eigenvalue weighted by Crippen LogP contribution is -2.35. The third-order valence-corrected chi connectivity index (χ3v) is 4.80. The summed E-state index contributed by atoms with van der Waals surface area (Å²) >= 11 is 0. The molecule has 1 aromatic rings. The van der Waals surface area contributed by atoms with Gasteiger partial charge < -0.3 is 15.0 Å². The van der Waals surface area contributed by atoms with Crippen LogP contribution >= 0.6 is 0 Å². The maximum Gasteiger partial charge on any atom is 0.407 e. The van der Waals surface area contributed by atoms with E-state index in [1.54, 1.807) is 0 Å². The number of ether oxygens (including phenoxy) is 1. The lowest BCUT2D eigenvalue weighted by Gasteiger charge is -2.31. The molecule has 0 aromatic heterocycles. The van der Waals surface area contributed by atoms with Gasteiger partial charge in [-0.1, -0.05) is 30.3 Å². The van der Waals surface area contributed by atoms with Crippen molar-refractivity contribution >= 4 is 6.09 Å². The van der Waals surface area contributed by atoms with Crippen molar-refractivity contribution < 1.29 is 9.53 Å². The van der Waals surface area contributed by atoms with E-state index in [1.165, 1.54) is 19.5 Å². The molecule has 3 rings (SSSR count). The second-order valence-corrected chi connectivity index (χ2v) is 6.45. The average molecular weight is 288 g/mol. The van der Waals surface area contributed by atoms with E-state index in [1.807, 2.05) is 30.3 Å². The number of alkyl carbamates (subject to hydrolysis) is 1. The molecular formula is C17H24N2O2. The zero-order chi connectivity index (χ0) is 14.7. The molecule has 21 heavy (non-hydrogen) atoms. The zero-order valence-electron chi connectivity index (χ0n) is 12.6. The predicted molar refractivity (Wildman–Crippen MR) is 81.9 cm³/mol. The van der Waals surface area contributed by atoms with Gasteiger partial charge in [0.05, 0.1) is 0 Å². The van der Waals surface area contributed by atoms with Crippen molar-refractivity contribution in [1.29, 1.82) is 0 Å². The van der Waals surface area contributed by atoms with Crippen molar-refractivity contribution in [3.05, 3.63) is 35.9 Å². The number of nitrogens with zero attached hydrogens (tertiary/aromatic N) is 1. The minimum atomic E-state index is -0.282. The van der Waals surface area contributed by atoms with E-state index in [0.717, 1.165) is 30.2 Å². The molecule has 0 spiro atoms. The van der Waals surface area contributed by atoms with Gasteiger partial charge in [0.15, 0.2) is 0 Å². The first-order chi connectivity index (χ1) is 10.2. The normalized spacial score (nSPS) is 28.9. The summed E-state index contributed by atoms with van der Waals surface area (Å²) in [6, 6.07) is 10.1. The van der Waals surface area contributed by atoms with Crippen molar-refractivity contribution in [2.45, 2.75) is 31.9 Å². The molecule has 2 aliphatic rings. The van der Waals surface area contributed by atoms with Crippen LogP contribution in [-0.2, 0) is 11.3 Å². The number of hydrogen-bond donors (Lipinski definition) is 1. The number of benzene rings is 1. The van der Waals surface area contributed by atoms with E-state index in [-0.39, 0.29) is 12.1 Å². The summed E-state index contributed by atoms with van der Waals surface area (Å²) in [6.07, 6.45) is 3.18. The molecule has 3 atom stereocenters. The van der Waals surface area contributed by atoms with Gasteiger partial charge in [-0.25, -0.2) is 4.79 Å². The van der Waals surface area contributed by atoms with E-state index in [9.17, 15) is 4.79 Å². The van der Waals surface area contributed by atoms with Crippen LogP contribution in [0.25, 0.3) is 0 Å². The molecule has 1 aliphatic carbocycles. The number of fused-ring (bicyclic) bond motifs is 1. The standard InChI is InChI=1S/C17H24N2O2/c1-19-8-7-14-9-16(10-15(14)11-19)18-17(20)21-12-13-5-3-2-4-6-13/h2-6,14-16H,7-12H2,1H3,(H,18,20)/t14?,15?,16-/m1/s1. The summed E-state index contributed by atoms with van der Waals surface area (Å²) in [5.74, 6) is 1.52. The number of piperidine rings is 1. The lowest BCUT2D eigenvalue weighted by molar-refractivity contribution is 0.135. The second kappa shape index (κ2) is 6.48. The minimum Gasteiger partial charge on any atom is -0.445 e. The van der Waals surface area contributed by atoms with Crippen LogP contribution in [-0.4, -0.2) is 37.2 Å². The summed E-state index contributed by atoms with van der Waals surface area (Å²) in [5, 5.41) is 3.04. The Morgan fingerprint density at radius 1 is 1.29 bits per heavy atom. The first-order valence-corrected chi connectivity index (χ1v) is 7.86. The molecule has 1 saturated heterocycles. The largest absolute Gasteiger partial charge is 0.445 e. The van der Waals surface area contributed by atoms with Crippen LogP contribution < -0.4 is 5.32 Å². The van der Waals surface area contributed by atoms with E-state index in [0.29, 0.717) is 6.61 Å². The number of rotatable bonds is 3. The van der Waals surface area contributed by atoms with Gasteiger partial charge in [-0.15, -0.1) is 0 Å². The number of likely N-dealkylation sites (tertiary alicyclic amines) is 1. The van der Waals surface area contributed by atoms with E-state index >= 15 is 0 Å². The fraction of sp³-hybridized carbons (Fsp3) is 0.588. The summed E-state index contributed by atoms with van der Waals surface area (Å²) in [4.78, 5) is 14.3. The minimum absolute atomic E-state index is 0.282. The zero-order valence-corrected chi connectivity index (χ0v) is 12.6. The molecule has 1 saturated carbocycles. The molecule has 1 N–H and O–H groups in total. The fourth-order valence-electron chi connectivity index (χ4n) is 3.72. The Morgan fingerprint density at radius 2 is 2.05 bits per heavy atom. The second-order valence-electron chi connectivity index (χ2n) is 6.45. The molecule has 1 heterocycles. The lowest BCUT2D eigenvalue weighted by atomic mass is 9.89. The molecule has 1 aliphatic heterocycles. The third-order valence-electron chi connectivity index (χ3n) is 4.80. The van der Waals surface area contributed by atoms with Crippen molar-refractivity contribution in [2.24, 2.45) is 11.8 Å². The molecule has 2 fully saturated rings. The number of hydrogen-bond acceptors (Lipinski definition) is 3. The van der Waals surface area contributed by atoms with Gasteiger partial charge in [0.1, 0.15) is 6.61 Å². The Kier molecular flexibility index (Phi) is 4.44. The van der Waals surface area contributed by atoms with Crippen LogP contribution in [0.1, 0.15) is 24.8 Å². The van der Waals surface area contributed by atoms with Gasteiger partial charge in [-0.2, -0.15) is 0 Å². The summed E-state index contributed by atoms with van der Waals surface area (Å²) in [5.41, 5.74) is 1.02. The van der Waals surface area contributed by atoms with Gasteiger partial charge in [0, 0.05) is 12.6 Å². The highest BCUT2D eigenvalue weighted by molar-refractivity contribution is 5.67. The maximum absolute atomic E-state index is 11.9. The topological polar surface area (TPSA) is 41.6 Å². The molecular weight excluding hydrogens is 264 g/mol. The molecule has 0 radical (unpaired) electrons. The quantitative estimate of drug-likeness (QED) is 0.929. The molecule has 0 bridgehead atoms. The Bertz CT molecular complexity index is 477. The molecule has 4 nitrogen and oxygen atoms in total. The Labute approximate surface area is 126 Å². The highest BCUT2D eigenvalue weighted by atomic mass is 16.5. The summed E-state index contributed by atoms with van der Waals surface area (Å²) < 4.78 is 5.30. The summed E-state index contributed by atoms with van der Waals surface area (Å²) in [7, 11) is 2.19. The average Bonchev–Trinajstić information content (AvgIpc) is 2.87. The molecule has 1 amide bonds. The number of nitrogens with one attached hydrogen (secondary N) is 1. The monoisotopic (exact) mass is 288 g/mol. The number of carbonyl (C=O) groups excluding carboxylic acids is 1. The van der Waals surface area contributed by atoms with Crippen molar-refractivity contribution in [3.8, 4) is 0 Å². The SMILES string of the molecule is CN1CCC2C[C@@H](NC(=O)OCc3ccccc3)CC2C1.